The minimum atomic E-state index is -0.581. The van der Waals surface area contributed by atoms with Gasteiger partial charge in [0.15, 0.2) is 0 Å². The fourth-order valence-electron chi connectivity index (χ4n) is 3.01. The number of ether oxygens (including phenoxy) is 1. The molecular formula is C18H20N4O4. The standard InChI is InChI=1S/C18H20N4O4/c1-10-20-11(7-16(23)21-10)5-6-19-18(25)14-9-17(24)22-15-4-3-12(26-2)8-13(14)15/h3-4,7-8,14H,5-6,9H2,1-2H3,(H,19,25)(H,22,24)(H,20,21,23)/t14-/m1/s1. The molecule has 1 aliphatic heterocycles. The predicted molar refractivity (Wildman–Crippen MR) is 95.3 cm³/mol. The molecule has 2 heterocycles. The summed E-state index contributed by atoms with van der Waals surface area (Å²) < 4.78 is 5.21. The van der Waals surface area contributed by atoms with E-state index in [1.54, 1.807) is 32.2 Å². The first-order chi connectivity index (χ1) is 12.5. The number of nitrogens with one attached hydrogen (secondary N) is 3. The number of aryl methyl sites for hydroxylation is 1. The Labute approximate surface area is 150 Å². The molecule has 136 valence electrons. The monoisotopic (exact) mass is 356 g/mol. The smallest absolute Gasteiger partial charge is 0.251 e. The van der Waals surface area contributed by atoms with Crippen molar-refractivity contribution in [3.8, 4) is 5.75 Å². The summed E-state index contributed by atoms with van der Waals surface area (Å²) in [5.74, 6) is 0.137. The number of aromatic amines is 1. The Hall–Kier alpha value is -3.16. The second kappa shape index (κ2) is 7.38. The van der Waals surface area contributed by atoms with Gasteiger partial charge in [-0.25, -0.2) is 4.98 Å². The first-order valence-electron chi connectivity index (χ1n) is 8.28. The molecule has 3 rings (SSSR count). The van der Waals surface area contributed by atoms with Crippen LogP contribution in [0.1, 0.15) is 29.4 Å². The predicted octanol–water partition coefficient (Wildman–Crippen LogP) is 0.872. The van der Waals surface area contributed by atoms with Gasteiger partial charge in [0.25, 0.3) is 5.56 Å². The highest BCUT2D eigenvalue weighted by atomic mass is 16.5. The Morgan fingerprint density at radius 3 is 2.88 bits per heavy atom. The first-order valence-corrected chi connectivity index (χ1v) is 8.28. The molecule has 1 aromatic heterocycles. The molecule has 8 nitrogen and oxygen atoms in total. The molecule has 0 saturated carbocycles. The van der Waals surface area contributed by atoms with E-state index in [0.717, 1.165) is 5.56 Å². The van der Waals surface area contributed by atoms with Crippen molar-refractivity contribution in [3.05, 3.63) is 51.7 Å². The van der Waals surface area contributed by atoms with Crippen LogP contribution in [0.5, 0.6) is 5.75 Å². The second-order valence-electron chi connectivity index (χ2n) is 6.12. The number of methoxy groups -OCH3 is 1. The van der Waals surface area contributed by atoms with Crippen molar-refractivity contribution in [1.82, 2.24) is 15.3 Å². The van der Waals surface area contributed by atoms with Gasteiger partial charge < -0.3 is 20.4 Å². The fourth-order valence-corrected chi connectivity index (χ4v) is 3.01. The van der Waals surface area contributed by atoms with Gasteiger partial charge in [-0.05, 0) is 30.7 Å². The molecule has 0 fully saturated rings. The van der Waals surface area contributed by atoms with Crippen molar-refractivity contribution in [2.75, 3.05) is 19.0 Å². The van der Waals surface area contributed by atoms with Crippen LogP contribution < -0.4 is 20.9 Å². The summed E-state index contributed by atoms with van der Waals surface area (Å²) in [7, 11) is 1.55. The quantitative estimate of drug-likeness (QED) is 0.736. The van der Waals surface area contributed by atoms with Crippen LogP contribution in [0.2, 0.25) is 0 Å². The molecule has 2 amide bonds. The van der Waals surface area contributed by atoms with E-state index in [0.29, 0.717) is 35.9 Å². The van der Waals surface area contributed by atoms with Crippen LogP contribution >= 0.6 is 0 Å². The van der Waals surface area contributed by atoms with Gasteiger partial charge in [0.05, 0.1) is 13.0 Å². The number of carbonyl (C=O) groups is 2. The molecule has 2 aromatic rings. The summed E-state index contributed by atoms with van der Waals surface area (Å²) in [6.07, 6.45) is 0.509. The fraction of sp³-hybridized carbons (Fsp3) is 0.333. The van der Waals surface area contributed by atoms with Crippen molar-refractivity contribution < 1.29 is 14.3 Å². The summed E-state index contributed by atoms with van der Waals surface area (Å²) in [5, 5.41) is 5.59. The largest absolute Gasteiger partial charge is 0.497 e. The van der Waals surface area contributed by atoms with Crippen molar-refractivity contribution in [3.63, 3.8) is 0 Å². The second-order valence-corrected chi connectivity index (χ2v) is 6.12. The normalized spacial score (nSPS) is 15.8. The molecule has 0 aliphatic carbocycles. The molecule has 8 heteroatoms. The van der Waals surface area contributed by atoms with Gasteiger partial charge in [0.2, 0.25) is 11.8 Å². The highest BCUT2D eigenvalue weighted by Gasteiger charge is 2.30. The number of amides is 2. The number of rotatable bonds is 5. The topological polar surface area (TPSA) is 113 Å². The van der Waals surface area contributed by atoms with Gasteiger partial charge in [-0.3, -0.25) is 14.4 Å². The average Bonchev–Trinajstić information content (AvgIpc) is 2.59. The van der Waals surface area contributed by atoms with Crippen LogP contribution in [0.4, 0.5) is 5.69 Å². The van der Waals surface area contributed by atoms with E-state index in [9.17, 15) is 14.4 Å². The van der Waals surface area contributed by atoms with Gasteiger partial charge in [0, 0.05) is 36.8 Å². The lowest BCUT2D eigenvalue weighted by molar-refractivity contribution is -0.126. The Kier molecular flexibility index (Phi) is 5.01. The van der Waals surface area contributed by atoms with Crippen LogP contribution in [-0.4, -0.2) is 35.4 Å². The maximum Gasteiger partial charge on any atom is 0.251 e. The van der Waals surface area contributed by atoms with E-state index >= 15 is 0 Å². The number of anilines is 1. The van der Waals surface area contributed by atoms with Gasteiger partial charge in [-0.2, -0.15) is 0 Å². The van der Waals surface area contributed by atoms with Crippen LogP contribution in [0, 0.1) is 6.92 Å². The lowest BCUT2D eigenvalue weighted by Crippen LogP contribution is -2.36. The Morgan fingerprint density at radius 1 is 1.35 bits per heavy atom. The van der Waals surface area contributed by atoms with E-state index < -0.39 is 5.92 Å². The number of carbonyl (C=O) groups excluding carboxylic acids is 2. The minimum Gasteiger partial charge on any atom is -0.497 e. The van der Waals surface area contributed by atoms with Gasteiger partial charge in [0.1, 0.15) is 11.6 Å². The van der Waals surface area contributed by atoms with Crippen molar-refractivity contribution >= 4 is 17.5 Å². The third kappa shape index (κ3) is 3.90. The summed E-state index contributed by atoms with van der Waals surface area (Å²) >= 11 is 0. The van der Waals surface area contributed by atoms with Crippen LogP contribution in [-0.2, 0) is 16.0 Å². The average molecular weight is 356 g/mol. The number of H-pyrrole nitrogens is 1. The Bertz CT molecular complexity index is 906. The van der Waals surface area contributed by atoms with Crippen molar-refractivity contribution in [2.45, 2.75) is 25.7 Å². The molecule has 0 unspecified atom stereocenters. The van der Waals surface area contributed by atoms with Crippen LogP contribution in [0.25, 0.3) is 0 Å². The van der Waals surface area contributed by atoms with Crippen molar-refractivity contribution in [1.29, 1.82) is 0 Å². The molecule has 26 heavy (non-hydrogen) atoms. The van der Waals surface area contributed by atoms with Gasteiger partial charge in [-0.15, -0.1) is 0 Å². The molecule has 3 N–H and O–H groups in total. The van der Waals surface area contributed by atoms with E-state index in [1.165, 1.54) is 6.07 Å². The van der Waals surface area contributed by atoms with Crippen LogP contribution in [0.15, 0.2) is 29.1 Å². The molecule has 0 bridgehead atoms. The number of hydrogen-bond acceptors (Lipinski definition) is 5. The number of aromatic nitrogens is 2. The zero-order valence-corrected chi connectivity index (χ0v) is 14.6. The maximum absolute atomic E-state index is 12.6. The Morgan fingerprint density at radius 2 is 2.15 bits per heavy atom. The third-order valence-corrected chi connectivity index (χ3v) is 4.21. The van der Waals surface area contributed by atoms with Crippen molar-refractivity contribution in [2.24, 2.45) is 0 Å². The van der Waals surface area contributed by atoms with Gasteiger partial charge in [-0.1, -0.05) is 0 Å². The number of hydrogen-bond donors (Lipinski definition) is 3. The maximum atomic E-state index is 12.6. The summed E-state index contributed by atoms with van der Waals surface area (Å²) in [5.41, 5.74) is 1.74. The number of fused-ring (bicyclic) bond motifs is 1. The minimum absolute atomic E-state index is 0.0777. The SMILES string of the molecule is COc1ccc2c(c1)[C@H](C(=O)NCCc1cc(=O)[nH]c(C)n1)CC(=O)N2. The highest BCUT2D eigenvalue weighted by Crippen LogP contribution is 2.34. The van der Waals surface area contributed by atoms with E-state index in [-0.39, 0.29) is 23.8 Å². The highest BCUT2D eigenvalue weighted by molar-refractivity contribution is 6.01. The molecule has 0 radical (unpaired) electrons. The summed E-state index contributed by atoms with van der Waals surface area (Å²) in [4.78, 5) is 42.8. The summed E-state index contributed by atoms with van der Waals surface area (Å²) in [6.45, 7) is 2.03. The zero-order chi connectivity index (χ0) is 18.7. The molecular weight excluding hydrogens is 336 g/mol. The van der Waals surface area contributed by atoms with E-state index in [1.807, 2.05) is 0 Å². The first kappa shape index (κ1) is 17.7. The molecule has 1 atom stereocenters. The number of nitrogens with zero attached hydrogens (tertiary/aromatic N) is 1. The molecule has 0 saturated heterocycles. The zero-order valence-electron chi connectivity index (χ0n) is 14.6. The third-order valence-electron chi connectivity index (χ3n) is 4.21. The lowest BCUT2D eigenvalue weighted by Gasteiger charge is -2.25. The number of benzene rings is 1. The molecule has 1 aromatic carbocycles. The van der Waals surface area contributed by atoms with Crippen LogP contribution in [0.3, 0.4) is 0 Å². The van der Waals surface area contributed by atoms with E-state index in [2.05, 4.69) is 20.6 Å². The molecule has 1 aliphatic rings. The Balaban J connectivity index is 1.70. The summed E-state index contributed by atoms with van der Waals surface area (Å²) in [6, 6.07) is 6.64. The van der Waals surface area contributed by atoms with E-state index in [4.69, 9.17) is 4.74 Å². The molecule has 0 spiro atoms. The lowest BCUT2D eigenvalue weighted by atomic mass is 9.89. The van der Waals surface area contributed by atoms with Gasteiger partial charge >= 0.3 is 0 Å².